The molecule has 0 unspecified atom stereocenters. The van der Waals surface area contributed by atoms with Gasteiger partial charge >= 0.3 is 10.2 Å². The summed E-state index contributed by atoms with van der Waals surface area (Å²) in [4.78, 5) is 25.8. The van der Waals surface area contributed by atoms with E-state index in [2.05, 4.69) is 21.4 Å². The van der Waals surface area contributed by atoms with Crippen molar-refractivity contribution >= 4 is 44.7 Å². The molecule has 1 saturated carbocycles. The van der Waals surface area contributed by atoms with Gasteiger partial charge in [0.2, 0.25) is 5.95 Å². The maximum Gasteiger partial charge on any atom is 0.332 e. The highest BCUT2D eigenvalue weighted by Gasteiger charge is 2.27. The average Bonchev–Trinajstić information content (AvgIpc) is 3.55. The number of aromatic amines is 1. The van der Waals surface area contributed by atoms with E-state index in [0.29, 0.717) is 61.9 Å². The molecule has 0 radical (unpaired) electrons. The first-order valence-electron chi connectivity index (χ1n) is 12.5. The quantitative estimate of drug-likeness (QED) is 0.266. The van der Waals surface area contributed by atoms with Crippen LogP contribution >= 0.6 is 0 Å². The van der Waals surface area contributed by atoms with E-state index in [9.17, 15) is 17.1 Å². The first-order valence-corrected chi connectivity index (χ1v) is 13.9. The van der Waals surface area contributed by atoms with Crippen molar-refractivity contribution in [1.82, 2.24) is 29.6 Å². The van der Waals surface area contributed by atoms with E-state index in [1.54, 1.807) is 4.90 Å². The fraction of sp³-hybridized carbons (Fsp3) is 0.308. The molecule has 200 valence electrons. The second-order valence-corrected chi connectivity index (χ2v) is 11.0. The first-order chi connectivity index (χ1) is 18.8. The van der Waals surface area contributed by atoms with Gasteiger partial charge < -0.3 is 19.7 Å². The largest absolute Gasteiger partial charge is 0.337 e. The second-order valence-electron chi connectivity index (χ2n) is 9.61. The fourth-order valence-corrected chi connectivity index (χ4v) is 5.16. The summed E-state index contributed by atoms with van der Waals surface area (Å²) >= 11 is 0. The van der Waals surface area contributed by atoms with E-state index in [-0.39, 0.29) is 11.5 Å². The van der Waals surface area contributed by atoms with Crippen LogP contribution < -0.4 is 10.2 Å². The van der Waals surface area contributed by atoms with Crippen LogP contribution in [0.5, 0.6) is 0 Å². The number of H-pyrrole nitrogens is 1. The minimum Gasteiger partial charge on any atom is -0.337 e. The molecule has 4 heterocycles. The van der Waals surface area contributed by atoms with Gasteiger partial charge in [-0.05, 0) is 43.2 Å². The number of hydrogen-bond acceptors (Lipinski definition) is 8. The molecule has 0 bridgehead atoms. The Bertz CT molecular complexity index is 1700. The molecule has 2 fully saturated rings. The number of carbonyl (C=O) groups excluding carboxylic acids is 1. The van der Waals surface area contributed by atoms with Crippen molar-refractivity contribution in [3.05, 3.63) is 53.9 Å². The van der Waals surface area contributed by atoms with Gasteiger partial charge in [-0.25, -0.2) is 0 Å². The number of piperazine rings is 1. The standard InChI is InChI=1S/C26H25FN8O3S/c1-2-10-33-11-9-20-23(28-22-16-21(31-32-22)17-3-4-17)29-26(30-24(20)33)35-14-12-34(13-15-35)25(36)18-5-7-19(8-6-18)39(27,37)38/h1,5-9,11,16-17H,3-4,10,12-15H2,(H2,28,29,30,31,32). The van der Waals surface area contributed by atoms with Crippen molar-refractivity contribution < 1.29 is 17.1 Å². The monoisotopic (exact) mass is 548 g/mol. The molecule has 1 amide bonds. The minimum atomic E-state index is -4.82. The van der Waals surface area contributed by atoms with Crippen molar-refractivity contribution in [2.45, 2.75) is 30.2 Å². The number of carbonyl (C=O) groups is 1. The molecule has 0 atom stereocenters. The number of fused-ring (bicyclic) bond motifs is 1. The summed E-state index contributed by atoms with van der Waals surface area (Å²) in [7, 11) is -4.82. The molecule has 4 aromatic rings. The molecular weight excluding hydrogens is 523 g/mol. The number of hydrogen-bond donors (Lipinski definition) is 2. The van der Waals surface area contributed by atoms with E-state index in [1.165, 1.54) is 12.1 Å². The van der Waals surface area contributed by atoms with Crippen LogP contribution in [-0.2, 0) is 16.8 Å². The maximum absolute atomic E-state index is 13.2. The molecule has 1 saturated heterocycles. The van der Waals surface area contributed by atoms with Gasteiger partial charge in [0.05, 0.1) is 16.8 Å². The Labute approximate surface area is 224 Å². The number of halogens is 1. The van der Waals surface area contributed by atoms with E-state index in [4.69, 9.17) is 16.4 Å². The number of terminal acetylenes is 1. The number of rotatable bonds is 7. The van der Waals surface area contributed by atoms with Gasteiger partial charge in [-0.15, -0.1) is 10.3 Å². The summed E-state index contributed by atoms with van der Waals surface area (Å²) in [6.07, 6.45) is 9.78. The third kappa shape index (κ3) is 5.03. The number of nitrogens with one attached hydrogen (secondary N) is 2. The SMILES string of the molecule is C#CCn1ccc2c(Nc3cc(C4CC4)[nH]n3)nc(N3CCN(C(=O)c4ccc(S(=O)(=O)F)cc4)CC3)nc21. The van der Waals surface area contributed by atoms with Gasteiger partial charge in [-0.1, -0.05) is 5.92 Å². The number of aromatic nitrogens is 5. The Morgan fingerprint density at radius 1 is 1.13 bits per heavy atom. The van der Waals surface area contributed by atoms with Crippen molar-refractivity contribution in [3.8, 4) is 12.3 Å². The van der Waals surface area contributed by atoms with Crippen LogP contribution in [0.3, 0.4) is 0 Å². The number of nitrogens with zero attached hydrogens (tertiary/aromatic N) is 6. The zero-order valence-electron chi connectivity index (χ0n) is 20.8. The van der Waals surface area contributed by atoms with Crippen molar-refractivity contribution in [1.29, 1.82) is 0 Å². The molecule has 0 spiro atoms. The molecule has 11 nitrogen and oxygen atoms in total. The van der Waals surface area contributed by atoms with E-state index >= 15 is 0 Å². The molecule has 2 N–H and O–H groups in total. The molecule has 13 heteroatoms. The van der Waals surface area contributed by atoms with E-state index in [0.717, 1.165) is 36.1 Å². The van der Waals surface area contributed by atoms with Crippen LogP contribution in [0.2, 0.25) is 0 Å². The Morgan fingerprint density at radius 2 is 1.87 bits per heavy atom. The lowest BCUT2D eigenvalue weighted by molar-refractivity contribution is 0.0746. The topological polar surface area (TPSA) is 129 Å². The van der Waals surface area contributed by atoms with Crippen LogP contribution in [0.1, 0.15) is 34.8 Å². The molecular formula is C26H25FN8O3S. The van der Waals surface area contributed by atoms with Crippen LogP contribution in [0.4, 0.5) is 21.5 Å². The van der Waals surface area contributed by atoms with Gasteiger partial charge in [0, 0.05) is 55.6 Å². The molecule has 39 heavy (non-hydrogen) atoms. The maximum atomic E-state index is 13.2. The number of amides is 1. The summed E-state index contributed by atoms with van der Waals surface area (Å²) in [6, 6.07) is 8.75. The lowest BCUT2D eigenvalue weighted by atomic mass is 10.2. The summed E-state index contributed by atoms with van der Waals surface area (Å²) in [6.45, 7) is 2.14. The van der Waals surface area contributed by atoms with Gasteiger partial charge in [0.15, 0.2) is 5.82 Å². The van der Waals surface area contributed by atoms with Crippen LogP contribution in [0.15, 0.2) is 47.5 Å². The fourth-order valence-electron chi connectivity index (χ4n) is 4.69. The van der Waals surface area contributed by atoms with Gasteiger partial charge in [0.1, 0.15) is 11.5 Å². The Balaban J connectivity index is 1.22. The van der Waals surface area contributed by atoms with Gasteiger partial charge in [-0.2, -0.15) is 23.5 Å². The predicted octanol–water partition coefficient (Wildman–Crippen LogP) is 3.03. The zero-order chi connectivity index (χ0) is 27.1. The van der Waals surface area contributed by atoms with Crippen LogP contribution in [0, 0.1) is 12.3 Å². The third-order valence-electron chi connectivity index (χ3n) is 6.96. The average molecular weight is 549 g/mol. The van der Waals surface area contributed by atoms with Crippen LogP contribution in [-0.4, -0.2) is 70.1 Å². The zero-order valence-corrected chi connectivity index (χ0v) is 21.7. The summed E-state index contributed by atoms with van der Waals surface area (Å²) in [5.74, 6) is 4.72. The molecule has 6 rings (SSSR count). The van der Waals surface area contributed by atoms with Gasteiger partial charge in [-0.3, -0.25) is 9.89 Å². The van der Waals surface area contributed by atoms with E-state index < -0.39 is 15.1 Å². The lowest BCUT2D eigenvalue weighted by Gasteiger charge is -2.35. The molecule has 3 aromatic heterocycles. The molecule has 1 aliphatic heterocycles. The first kappa shape index (κ1) is 24.9. The summed E-state index contributed by atoms with van der Waals surface area (Å²) < 4.78 is 37.2. The lowest BCUT2D eigenvalue weighted by Crippen LogP contribution is -2.49. The van der Waals surface area contributed by atoms with Crippen LogP contribution in [0.25, 0.3) is 11.0 Å². The van der Waals surface area contributed by atoms with Crippen molar-refractivity contribution in [2.24, 2.45) is 0 Å². The number of anilines is 3. The highest BCUT2D eigenvalue weighted by atomic mass is 32.3. The number of benzene rings is 1. The van der Waals surface area contributed by atoms with Crippen molar-refractivity contribution in [2.75, 3.05) is 36.4 Å². The molecule has 2 aliphatic rings. The second kappa shape index (κ2) is 9.70. The van der Waals surface area contributed by atoms with Crippen molar-refractivity contribution in [3.63, 3.8) is 0 Å². The highest BCUT2D eigenvalue weighted by molar-refractivity contribution is 7.86. The smallest absolute Gasteiger partial charge is 0.332 e. The normalized spacial score (nSPS) is 15.9. The third-order valence-corrected chi connectivity index (χ3v) is 7.80. The van der Waals surface area contributed by atoms with Gasteiger partial charge in [0.25, 0.3) is 5.91 Å². The minimum absolute atomic E-state index is 0.260. The summed E-state index contributed by atoms with van der Waals surface area (Å²) in [5.41, 5.74) is 2.09. The van der Waals surface area contributed by atoms with E-state index in [1.807, 2.05) is 27.8 Å². The highest BCUT2D eigenvalue weighted by Crippen LogP contribution is 2.40. The molecule has 1 aromatic carbocycles. The predicted molar refractivity (Wildman–Crippen MR) is 143 cm³/mol. The Kier molecular flexibility index (Phi) is 6.19. The Morgan fingerprint density at radius 3 is 2.54 bits per heavy atom. The molecule has 1 aliphatic carbocycles. The Hall–Kier alpha value is -4.44. The summed E-state index contributed by atoms with van der Waals surface area (Å²) in [5, 5.41) is 11.6.